The van der Waals surface area contributed by atoms with Crippen LogP contribution in [-0.4, -0.2) is 21.0 Å². The van der Waals surface area contributed by atoms with Gasteiger partial charge < -0.3 is 5.11 Å². The van der Waals surface area contributed by atoms with Gasteiger partial charge in [0.1, 0.15) is 5.82 Å². The van der Waals surface area contributed by atoms with Crippen LogP contribution in [0.1, 0.15) is 12.0 Å². The summed E-state index contributed by atoms with van der Waals surface area (Å²) in [7, 11) is 0. The van der Waals surface area contributed by atoms with E-state index in [1.54, 1.807) is 18.2 Å². The molecule has 0 atom stereocenters. The van der Waals surface area contributed by atoms with Crippen LogP contribution in [-0.2, 0) is 11.2 Å². The molecule has 4 nitrogen and oxygen atoms in total. The van der Waals surface area contributed by atoms with Crippen molar-refractivity contribution in [2.45, 2.75) is 12.8 Å². The predicted molar refractivity (Wildman–Crippen MR) is 63.4 cm³/mol. The molecule has 1 aromatic carbocycles. The molecule has 2 aromatic rings. The quantitative estimate of drug-likeness (QED) is 0.899. The summed E-state index contributed by atoms with van der Waals surface area (Å²) >= 11 is 0. The summed E-state index contributed by atoms with van der Waals surface area (Å²) < 4.78 is 13.5. The number of rotatable bonds is 4. The number of aryl methyl sites for hydroxylation is 1. The molecule has 0 bridgehead atoms. The van der Waals surface area contributed by atoms with Crippen LogP contribution in [0.3, 0.4) is 0 Å². The fourth-order valence-electron chi connectivity index (χ4n) is 1.52. The minimum atomic E-state index is -0.867. The average molecular weight is 246 g/mol. The number of aromatic nitrogens is 2. The van der Waals surface area contributed by atoms with Crippen LogP contribution in [0.4, 0.5) is 4.39 Å². The SMILES string of the molecule is O=C(O)CCc1cnc(-c2ccccc2F)nc1. The Balaban J connectivity index is 2.17. The molecule has 0 saturated heterocycles. The van der Waals surface area contributed by atoms with Gasteiger partial charge in [0.2, 0.25) is 0 Å². The molecule has 1 aromatic heterocycles. The normalized spacial score (nSPS) is 10.3. The molecular weight excluding hydrogens is 235 g/mol. The first-order valence-electron chi connectivity index (χ1n) is 5.44. The van der Waals surface area contributed by atoms with Gasteiger partial charge in [0.25, 0.3) is 0 Å². The lowest BCUT2D eigenvalue weighted by Gasteiger charge is -2.02. The highest BCUT2D eigenvalue weighted by Gasteiger charge is 2.07. The van der Waals surface area contributed by atoms with Crippen molar-refractivity contribution in [2.75, 3.05) is 0 Å². The molecule has 1 heterocycles. The first kappa shape index (κ1) is 12.2. The molecule has 0 radical (unpaired) electrons. The lowest BCUT2D eigenvalue weighted by atomic mass is 10.1. The molecule has 5 heteroatoms. The van der Waals surface area contributed by atoms with Gasteiger partial charge in [-0.05, 0) is 24.1 Å². The summed E-state index contributed by atoms with van der Waals surface area (Å²) in [5.41, 5.74) is 1.06. The van der Waals surface area contributed by atoms with Crippen molar-refractivity contribution < 1.29 is 14.3 Å². The van der Waals surface area contributed by atoms with Gasteiger partial charge in [-0.2, -0.15) is 0 Å². The Morgan fingerprint density at radius 2 is 1.89 bits per heavy atom. The lowest BCUT2D eigenvalue weighted by molar-refractivity contribution is -0.136. The number of carboxylic acid groups (broad SMARTS) is 1. The zero-order valence-electron chi connectivity index (χ0n) is 9.51. The fraction of sp³-hybridized carbons (Fsp3) is 0.154. The second-order valence-corrected chi connectivity index (χ2v) is 3.79. The standard InChI is InChI=1S/C13H11FN2O2/c14-11-4-2-1-3-10(11)13-15-7-9(8-16-13)5-6-12(17)18/h1-4,7-8H,5-6H2,(H,17,18). The molecule has 0 spiro atoms. The van der Waals surface area contributed by atoms with Crippen molar-refractivity contribution in [3.63, 3.8) is 0 Å². The number of aliphatic carboxylic acids is 1. The summed E-state index contributed by atoms with van der Waals surface area (Å²) in [6, 6.07) is 6.25. The van der Waals surface area contributed by atoms with Crippen LogP contribution in [0.2, 0.25) is 0 Å². The fourth-order valence-corrected chi connectivity index (χ4v) is 1.52. The van der Waals surface area contributed by atoms with Crippen LogP contribution in [0.5, 0.6) is 0 Å². The van der Waals surface area contributed by atoms with Crippen molar-refractivity contribution in [1.82, 2.24) is 9.97 Å². The van der Waals surface area contributed by atoms with Crippen molar-refractivity contribution in [3.05, 3.63) is 48.0 Å². The largest absolute Gasteiger partial charge is 0.481 e. The molecule has 0 aliphatic rings. The van der Waals surface area contributed by atoms with E-state index in [0.717, 1.165) is 5.56 Å². The van der Waals surface area contributed by atoms with Crippen LogP contribution in [0, 0.1) is 5.82 Å². The third-order valence-electron chi connectivity index (χ3n) is 2.45. The predicted octanol–water partition coefficient (Wildman–Crippen LogP) is 2.30. The van der Waals surface area contributed by atoms with E-state index in [0.29, 0.717) is 17.8 Å². The van der Waals surface area contributed by atoms with Gasteiger partial charge in [-0.15, -0.1) is 0 Å². The highest BCUT2D eigenvalue weighted by molar-refractivity contribution is 5.67. The number of benzene rings is 1. The summed E-state index contributed by atoms with van der Waals surface area (Å²) in [5.74, 6) is -0.948. The van der Waals surface area contributed by atoms with Crippen LogP contribution < -0.4 is 0 Å². The maximum atomic E-state index is 13.5. The number of hydrogen-bond acceptors (Lipinski definition) is 3. The summed E-state index contributed by atoms with van der Waals surface area (Å²) in [5, 5.41) is 8.55. The van der Waals surface area contributed by atoms with Gasteiger partial charge in [-0.1, -0.05) is 12.1 Å². The molecular formula is C13H11FN2O2. The Morgan fingerprint density at radius 1 is 1.22 bits per heavy atom. The van der Waals surface area contributed by atoms with E-state index in [1.807, 2.05) is 0 Å². The molecule has 2 rings (SSSR count). The Kier molecular flexibility index (Phi) is 3.62. The maximum absolute atomic E-state index is 13.5. The van der Waals surface area contributed by atoms with Gasteiger partial charge >= 0.3 is 5.97 Å². The molecule has 0 aliphatic heterocycles. The van der Waals surface area contributed by atoms with E-state index < -0.39 is 5.97 Å². The summed E-state index contributed by atoms with van der Waals surface area (Å²) in [4.78, 5) is 18.5. The Labute approximate surface area is 103 Å². The number of carbonyl (C=O) groups is 1. The first-order chi connectivity index (χ1) is 8.66. The van der Waals surface area contributed by atoms with E-state index in [-0.39, 0.29) is 12.2 Å². The zero-order valence-corrected chi connectivity index (χ0v) is 9.51. The van der Waals surface area contributed by atoms with E-state index in [9.17, 15) is 9.18 Å². The number of halogens is 1. The van der Waals surface area contributed by atoms with E-state index >= 15 is 0 Å². The topological polar surface area (TPSA) is 63.1 Å². The summed E-state index contributed by atoms with van der Waals surface area (Å²) in [6.07, 6.45) is 3.45. The zero-order chi connectivity index (χ0) is 13.0. The smallest absolute Gasteiger partial charge is 0.303 e. The van der Waals surface area contributed by atoms with Gasteiger partial charge in [0, 0.05) is 18.8 Å². The molecule has 0 amide bonds. The second kappa shape index (κ2) is 5.35. The van der Waals surface area contributed by atoms with Gasteiger partial charge in [0.05, 0.1) is 5.56 Å². The highest BCUT2D eigenvalue weighted by Crippen LogP contribution is 2.18. The Morgan fingerprint density at radius 3 is 2.50 bits per heavy atom. The molecule has 1 N–H and O–H groups in total. The average Bonchev–Trinajstić information content (AvgIpc) is 2.38. The number of carboxylic acids is 1. The van der Waals surface area contributed by atoms with Crippen molar-refractivity contribution >= 4 is 5.97 Å². The van der Waals surface area contributed by atoms with Gasteiger partial charge in [-0.25, -0.2) is 14.4 Å². The second-order valence-electron chi connectivity index (χ2n) is 3.79. The van der Waals surface area contributed by atoms with E-state index in [4.69, 9.17) is 5.11 Å². The molecule has 18 heavy (non-hydrogen) atoms. The van der Waals surface area contributed by atoms with Gasteiger partial charge in [0.15, 0.2) is 5.82 Å². The lowest BCUT2D eigenvalue weighted by Crippen LogP contribution is -1.99. The molecule has 0 unspecified atom stereocenters. The van der Waals surface area contributed by atoms with Crippen LogP contribution in [0.15, 0.2) is 36.7 Å². The third kappa shape index (κ3) is 2.88. The third-order valence-corrected chi connectivity index (χ3v) is 2.45. The van der Waals surface area contributed by atoms with Crippen LogP contribution >= 0.6 is 0 Å². The molecule has 0 aliphatic carbocycles. The number of hydrogen-bond donors (Lipinski definition) is 1. The molecule has 0 fully saturated rings. The van der Waals surface area contributed by atoms with Crippen molar-refractivity contribution in [1.29, 1.82) is 0 Å². The van der Waals surface area contributed by atoms with E-state index in [1.165, 1.54) is 18.5 Å². The Hall–Kier alpha value is -2.30. The first-order valence-corrected chi connectivity index (χ1v) is 5.44. The minimum absolute atomic E-state index is 0.0302. The molecule has 92 valence electrons. The van der Waals surface area contributed by atoms with E-state index in [2.05, 4.69) is 9.97 Å². The molecule has 0 saturated carbocycles. The van der Waals surface area contributed by atoms with Crippen LogP contribution in [0.25, 0.3) is 11.4 Å². The van der Waals surface area contributed by atoms with Crippen molar-refractivity contribution in [2.24, 2.45) is 0 Å². The highest BCUT2D eigenvalue weighted by atomic mass is 19.1. The maximum Gasteiger partial charge on any atom is 0.303 e. The Bertz CT molecular complexity index is 555. The number of nitrogens with zero attached hydrogens (tertiary/aromatic N) is 2. The minimum Gasteiger partial charge on any atom is -0.481 e. The van der Waals surface area contributed by atoms with Crippen molar-refractivity contribution in [3.8, 4) is 11.4 Å². The monoisotopic (exact) mass is 246 g/mol. The summed E-state index contributed by atoms with van der Waals surface area (Å²) in [6.45, 7) is 0. The van der Waals surface area contributed by atoms with Gasteiger partial charge in [-0.3, -0.25) is 4.79 Å².